The van der Waals surface area contributed by atoms with Crippen molar-refractivity contribution < 1.29 is 19.4 Å². The molecule has 7 heteroatoms. The predicted molar refractivity (Wildman–Crippen MR) is 86.2 cm³/mol. The van der Waals surface area contributed by atoms with Gasteiger partial charge in [0.25, 0.3) is 0 Å². The molecule has 0 bridgehead atoms. The number of thiazole rings is 1. The molecule has 2 rings (SSSR count). The van der Waals surface area contributed by atoms with Crippen molar-refractivity contribution in [2.24, 2.45) is 0 Å². The molecule has 0 aliphatic rings. The molecule has 0 radical (unpaired) electrons. The number of aromatic nitrogens is 1. The van der Waals surface area contributed by atoms with Crippen molar-refractivity contribution in [1.29, 1.82) is 0 Å². The number of amides is 1. The van der Waals surface area contributed by atoms with Gasteiger partial charge in [-0.25, -0.2) is 9.78 Å². The number of carbonyl (C=O) groups is 2. The van der Waals surface area contributed by atoms with Gasteiger partial charge in [0.05, 0.1) is 23.7 Å². The first kappa shape index (κ1) is 17.0. The van der Waals surface area contributed by atoms with Crippen LogP contribution in [0.2, 0.25) is 0 Å². The first-order valence-electron chi connectivity index (χ1n) is 7.15. The Morgan fingerprint density at radius 3 is 2.61 bits per heavy atom. The van der Waals surface area contributed by atoms with Gasteiger partial charge in [-0.3, -0.25) is 4.79 Å². The number of benzene rings is 1. The zero-order chi connectivity index (χ0) is 16.8. The summed E-state index contributed by atoms with van der Waals surface area (Å²) >= 11 is 1.47. The number of phenolic OH excluding ortho intramolecular Hbond substituents is 1. The highest BCUT2D eigenvalue weighted by molar-refractivity contribution is 7.09. The zero-order valence-corrected chi connectivity index (χ0v) is 13.7. The molecule has 0 aliphatic heterocycles. The summed E-state index contributed by atoms with van der Waals surface area (Å²) in [6.07, 6.45) is 0.0956. The summed E-state index contributed by atoms with van der Waals surface area (Å²) < 4.78 is 5.01. The van der Waals surface area contributed by atoms with E-state index in [4.69, 9.17) is 4.74 Å². The first-order valence-corrected chi connectivity index (χ1v) is 8.03. The molecule has 1 unspecified atom stereocenters. The molecule has 0 saturated carbocycles. The van der Waals surface area contributed by atoms with Gasteiger partial charge < -0.3 is 15.2 Å². The molecule has 1 atom stereocenters. The van der Waals surface area contributed by atoms with Gasteiger partial charge in [0.2, 0.25) is 5.91 Å². The van der Waals surface area contributed by atoms with E-state index >= 15 is 0 Å². The predicted octanol–water partition coefficient (Wildman–Crippen LogP) is 2.12. The lowest BCUT2D eigenvalue weighted by Crippen LogP contribution is -2.35. The molecule has 2 N–H and O–H groups in total. The second kappa shape index (κ2) is 7.73. The van der Waals surface area contributed by atoms with Crippen LogP contribution in [-0.2, 0) is 20.7 Å². The first-order chi connectivity index (χ1) is 11.0. The molecular weight excluding hydrogens is 316 g/mol. The van der Waals surface area contributed by atoms with Gasteiger partial charge in [-0.05, 0) is 31.5 Å². The second-order valence-corrected chi connectivity index (χ2v) is 5.94. The lowest BCUT2D eigenvalue weighted by Gasteiger charge is -2.17. The Morgan fingerprint density at radius 1 is 1.35 bits per heavy atom. The third-order valence-electron chi connectivity index (χ3n) is 3.06. The van der Waals surface area contributed by atoms with E-state index in [1.54, 1.807) is 19.1 Å². The van der Waals surface area contributed by atoms with E-state index in [1.807, 2.05) is 12.3 Å². The van der Waals surface area contributed by atoms with Crippen molar-refractivity contribution in [1.82, 2.24) is 10.3 Å². The topological polar surface area (TPSA) is 88.5 Å². The lowest BCUT2D eigenvalue weighted by atomic mass is 10.1. The number of nitrogens with zero attached hydrogens (tertiary/aromatic N) is 1. The van der Waals surface area contributed by atoms with Gasteiger partial charge in [-0.2, -0.15) is 0 Å². The smallest absolute Gasteiger partial charge is 0.333 e. The van der Waals surface area contributed by atoms with E-state index in [0.717, 1.165) is 5.01 Å². The van der Waals surface area contributed by atoms with Crippen molar-refractivity contribution in [2.45, 2.75) is 26.3 Å². The number of aromatic hydroxyl groups is 1. The molecule has 2 aromatic rings. The number of hydrogen-bond acceptors (Lipinski definition) is 6. The number of phenols is 1. The van der Waals surface area contributed by atoms with Gasteiger partial charge in [0.1, 0.15) is 5.75 Å². The Hall–Kier alpha value is -2.41. The number of nitrogens with one attached hydrogen (secondary N) is 1. The molecule has 1 heterocycles. The number of esters is 1. The summed E-state index contributed by atoms with van der Waals surface area (Å²) in [6.45, 7) is 3.78. The van der Waals surface area contributed by atoms with Crippen molar-refractivity contribution in [3.8, 4) is 5.75 Å². The van der Waals surface area contributed by atoms with Gasteiger partial charge in [-0.15, -0.1) is 11.3 Å². The van der Waals surface area contributed by atoms with Crippen molar-refractivity contribution in [3.63, 3.8) is 0 Å². The van der Waals surface area contributed by atoms with Crippen LogP contribution < -0.4 is 5.32 Å². The van der Waals surface area contributed by atoms with Crippen molar-refractivity contribution in [3.05, 3.63) is 45.9 Å². The van der Waals surface area contributed by atoms with E-state index in [1.165, 1.54) is 23.5 Å². The Morgan fingerprint density at radius 2 is 2.04 bits per heavy atom. The highest BCUT2D eigenvalue weighted by atomic mass is 32.1. The van der Waals surface area contributed by atoms with E-state index in [0.29, 0.717) is 11.3 Å². The standard InChI is InChI=1S/C16H18N2O4S/c1-3-22-16(21)15(11-4-6-13(19)7-5-11)18-14(20)8-12-9-23-10(2)17-12/h4-7,9,15,19H,3,8H2,1-2H3,(H,18,20). The van der Waals surface area contributed by atoms with Gasteiger partial charge in [0.15, 0.2) is 6.04 Å². The van der Waals surface area contributed by atoms with E-state index in [9.17, 15) is 14.7 Å². The van der Waals surface area contributed by atoms with Crippen LogP contribution in [-0.4, -0.2) is 28.6 Å². The number of ether oxygens (including phenoxy) is 1. The normalized spacial score (nSPS) is 11.7. The number of carbonyl (C=O) groups excluding carboxylic acids is 2. The zero-order valence-electron chi connectivity index (χ0n) is 12.9. The molecule has 23 heavy (non-hydrogen) atoms. The fourth-order valence-corrected chi connectivity index (χ4v) is 2.65. The SMILES string of the molecule is CCOC(=O)C(NC(=O)Cc1csc(C)n1)c1ccc(O)cc1. The molecule has 0 saturated heterocycles. The minimum atomic E-state index is -0.914. The summed E-state index contributed by atoms with van der Waals surface area (Å²) in [7, 11) is 0. The molecule has 122 valence electrons. The Labute approximate surface area is 138 Å². The summed E-state index contributed by atoms with van der Waals surface area (Å²) in [5, 5.41) is 14.7. The largest absolute Gasteiger partial charge is 0.508 e. The highest BCUT2D eigenvalue weighted by Crippen LogP contribution is 2.19. The minimum Gasteiger partial charge on any atom is -0.508 e. The average Bonchev–Trinajstić information content (AvgIpc) is 2.91. The molecule has 0 fully saturated rings. The third kappa shape index (κ3) is 4.79. The highest BCUT2D eigenvalue weighted by Gasteiger charge is 2.24. The van der Waals surface area contributed by atoms with Crippen LogP contribution >= 0.6 is 11.3 Å². The van der Waals surface area contributed by atoms with Crippen LogP contribution in [0.15, 0.2) is 29.6 Å². The van der Waals surface area contributed by atoms with Crippen molar-refractivity contribution in [2.75, 3.05) is 6.61 Å². The van der Waals surface area contributed by atoms with Gasteiger partial charge in [0, 0.05) is 5.38 Å². The minimum absolute atomic E-state index is 0.0839. The molecule has 1 amide bonds. The maximum atomic E-state index is 12.2. The second-order valence-electron chi connectivity index (χ2n) is 4.88. The molecule has 0 aliphatic carbocycles. The number of hydrogen-bond donors (Lipinski definition) is 2. The van der Waals surface area contributed by atoms with Crippen LogP contribution in [0.25, 0.3) is 0 Å². The number of aryl methyl sites for hydroxylation is 1. The molecule has 0 spiro atoms. The van der Waals surface area contributed by atoms with E-state index < -0.39 is 12.0 Å². The quantitative estimate of drug-likeness (QED) is 0.790. The summed E-state index contributed by atoms with van der Waals surface area (Å²) in [5.74, 6) is -0.775. The van der Waals surface area contributed by atoms with Crippen LogP contribution in [0.3, 0.4) is 0 Å². The van der Waals surface area contributed by atoms with Crippen LogP contribution in [0.4, 0.5) is 0 Å². The monoisotopic (exact) mass is 334 g/mol. The van der Waals surface area contributed by atoms with Gasteiger partial charge in [-0.1, -0.05) is 12.1 Å². The Kier molecular flexibility index (Phi) is 5.70. The Balaban J connectivity index is 2.12. The molecule has 6 nitrogen and oxygen atoms in total. The van der Waals surface area contributed by atoms with Crippen molar-refractivity contribution >= 4 is 23.2 Å². The fraction of sp³-hybridized carbons (Fsp3) is 0.312. The van der Waals surface area contributed by atoms with Crippen LogP contribution in [0.1, 0.15) is 29.2 Å². The maximum absolute atomic E-state index is 12.2. The average molecular weight is 334 g/mol. The van der Waals surface area contributed by atoms with E-state index in [2.05, 4.69) is 10.3 Å². The molecular formula is C16H18N2O4S. The summed E-state index contributed by atoms with van der Waals surface area (Å²) in [6, 6.07) is 5.14. The summed E-state index contributed by atoms with van der Waals surface area (Å²) in [4.78, 5) is 28.5. The van der Waals surface area contributed by atoms with Crippen LogP contribution in [0.5, 0.6) is 5.75 Å². The molecule has 1 aromatic carbocycles. The van der Waals surface area contributed by atoms with Gasteiger partial charge >= 0.3 is 5.97 Å². The fourth-order valence-electron chi connectivity index (χ4n) is 2.04. The van der Waals surface area contributed by atoms with Crippen LogP contribution in [0, 0.1) is 6.92 Å². The third-order valence-corrected chi connectivity index (χ3v) is 3.88. The van der Waals surface area contributed by atoms with E-state index in [-0.39, 0.29) is 24.7 Å². The number of rotatable bonds is 6. The Bertz CT molecular complexity index is 682. The lowest BCUT2D eigenvalue weighted by molar-refractivity contribution is -0.147. The molecule has 1 aromatic heterocycles. The maximum Gasteiger partial charge on any atom is 0.333 e. The summed E-state index contributed by atoms with van der Waals surface area (Å²) in [5.41, 5.74) is 1.21.